The standard InChI is InChI=1S/C21H22F2N4O3/c22-15-5-7-16(8-6-15)25-21(30)27-11-9-14(10-12-27)13-24-19(28)20(29)26-18-4-2-1-3-17(18)23/h1-8,14H,9-13H2,(H,24,28)(H,25,30)(H,26,29). The maximum atomic E-state index is 13.5. The van der Waals surface area contributed by atoms with Crippen molar-refractivity contribution in [3.05, 3.63) is 60.2 Å². The molecule has 4 amide bonds. The van der Waals surface area contributed by atoms with Crippen LogP contribution >= 0.6 is 0 Å². The number of piperidine rings is 1. The van der Waals surface area contributed by atoms with Crippen LogP contribution in [0.1, 0.15) is 12.8 Å². The average molecular weight is 416 g/mol. The highest BCUT2D eigenvalue weighted by Gasteiger charge is 2.24. The molecule has 9 heteroatoms. The van der Waals surface area contributed by atoms with Gasteiger partial charge in [-0.2, -0.15) is 0 Å². The number of nitrogens with zero attached hydrogens (tertiary/aromatic N) is 1. The van der Waals surface area contributed by atoms with Crippen molar-refractivity contribution in [1.82, 2.24) is 10.2 Å². The molecule has 3 N–H and O–H groups in total. The van der Waals surface area contributed by atoms with E-state index in [1.807, 2.05) is 0 Å². The fourth-order valence-electron chi connectivity index (χ4n) is 3.13. The summed E-state index contributed by atoms with van der Waals surface area (Å²) in [6.07, 6.45) is 1.32. The number of carbonyl (C=O) groups is 3. The van der Waals surface area contributed by atoms with Gasteiger partial charge in [0.15, 0.2) is 0 Å². The Balaban J connectivity index is 1.39. The summed E-state index contributed by atoms with van der Waals surface area (Å²) in [6, 6.07) is 10.8. The number of likely N-dealkylation sites (tertiary alicyclic amines) is 1. The van der Waals surface area contributed by atoms with Gasteiger partial charge in [0.25, 0.3) is 0 Å². The van der Waals surface area contributed by atoms with Gasteiger partial charge in [-0.05, 0) is 55.2 Å². The molecule has 0 bridgehead atoms. The second-order valence-electron chi connectivity index (χ2n) is 7.01. The van der Waals surface area contributed by atoms with Crippen LogP contribution in [-0.4, -0.2) is 42.4 Å². The normalized spacial score (nSPS) is 14.1. The van der Waals surface area contributed by atoms with Gasteiger partial charge in [0.1, 0.15) is 11.6 Å². The van der Waals surface area contributed by atoms with Crippen LogP contribution in [0.5, 0.6) is 0 Å². The van der Waals surface area contributed by atoms with Gasteiger partial charge in [-0.1, -0.05) is 12.1 Å². The number of urea groups is 1. The maximum Gasteiger partial charge on any atom is 0.321 e. The Morgan fingerprint density at radius 2 is 1.57 bits per heavy atom. The molecule has 158 valence electrons. The molecule has 30 heavy (non-hydrogen) atoms. The van der Waals surface area contributed by atoms with Crippen LogP contribution < -0.4 is 16.0 Å². The van der Waals surface area contributed by atoms with Gasteiger partial charge in [0.2, 0.25) is 0 Å². The summed E-state index contributed by atoms with van der Waals surface area (Å²) >= 11 is 0. The Hall–Kier alpha value is -3.49. The van der Waals surface area contributed by atoms with E-state index in [9.17, 15) is 23.2 Å². The first-order valence-electron chi connectivity index (χ1n) is 9.57. The predicted molar refractivity (Wildman–Crippen MR) is 108 cm³/mol. The number of anilines is 2. The van der Waals surface area contributed by atoms with Crippen molar-refractivity contribution >= 4 is 29.2 Å². The Bertz CT molecular complexity index is 913. The lowest BCUT2D eigenvalue weighted by Crippen LogP contribution is -2.44. The SMILES string of the molecule is O=C(NCC1CCN(C(=O)Nc2ccc(F)cc2)CC1)C(=O)Nc1ccccc1F. The third-order valence-corrected chi connectivity index (χ3v) is 4.88. The molecule has 3 rings (SSSR count). The molecule has 1 aliphatic rings. The van der Waals surface area contributed by atoms with Crippen molar-refractivity contribution in [2.24, 2.45) is 5.92 Å². The van der Waals surface area contributed by atoms with Gasteiger partial charge in [-0.15, -0.1) is 0 Å². The summed E-state index contributed by atoms with van der Waals surface area (Å²) in [5.74, 6) is -2.65. The highest BCUT2D eigenvalue weighted by Crippen LogP contribution is 2.18. The number of halogens is 2. The quantitative estimate of drug-likeness (QED) is 0.670. The smallest absolute Gasteiger partial charge is 0.321 e. The van der Waals surface area contributed by atoms with Crippen molar-refractivity contribution in [1.29, 1.82) is 0 Å². The molecule has 0 atom stereocenters. The van der Waals surface area contributed by atoms with Crippen molar-refractivity contribution in [3.63, 3.8) is 0 Å². The molecular formula is C21H22F2N4O3. The molecule has 1 saturated heterocycles. The topological polar surface area (TPSA) is 90.5 Å². The van der Waals surface area contributed by atoms with Crippen molar-refractivity contribution < 1.29 is 23.2 Å². The monoisotopic (exact) mass is 416 g/mol. The lowest BCUT2D eigenvalue weighted by atomic mass is 9.97. The number of amides is 4. The Kier molecular flexibility index (Phi) is 6.95. The third kappa shape index (κ3) is 5.76. The van der Waals surface area contributed by atoms with E-state index >= 15 is 0 Å². The van der Waals surface area contributed by atoms with Crippen LogP contribution in [0.4, 0.5) is 25.0 Å². The van der Waals surface area contributed by atoms with Crippen LogP contribution in [0.25, 0.3) is 0 Å². The van der Waals surface area contributed by atoms with Gasteiger partial charge in [-0.3, -0.25) is 9.59 Å². The molecule has 0 saturated carbocycles. The fraction of sp³-hybridized carbons (Fsp3) is 0.286. The van der Waals surface area contributed by atoms with Crippen molar-refractivity contribution in [3.8, 4) is 0 Å². The summed E-state index contributed by atoms with van der Waals surface area (Å²) in [6.45, 7) is 1.28. The van der Waals surface area contributed by atoms with Crippen LogP contribution in [0.15, 0.2) is 48.5 Å². The Morgan fingerprint density at radius 1 is 0.900 bits per heavy atom. The van der Waals surface area contributed by atoms with Gasteiger partial charge in [-0.25, -0.2) is 13.6 Å². The minimum Gasteiger partial charge on any atom is -0.348 e. The molecule has 1 heterocycles. The summed E-state index contributed by atoms with van der Waals surface area (Å²) in [5.41, 5.74) is 0.453. The lowest BCUT2D eigenvalue weighted by molar-refractivity contribution is -0.136. The summed E-state index contributed by atoms with van der Waals surface area (Å²) < 4.78 is 26.5. The molecule has 2 aromatic rings. The second-order valence-corrected chi connectivity index (χ2v) is 7.01. The molecule has 1 fully saturated rings. The number of para-hydroxylation sites is 1. The molecule has 0 aromatic heterocycles. The van der Waals surface area contributed by atoms with Gasteiger partial charge in [0.05, 0.1) is 5.69 Å². The van der Waals surface area contributed by atoms with Crippen LogP contribution in [-0.2, 0) is 9.59 Å². The molecule has 0 aliphatic carbocycles. The van der Waals surface area contributed by atoms with Gasteiger partial charge < -0.3 is 20.9 Å². The number of carbonyl (C=O) groups excluding carboxylic acids is 3. The number of rotatable bonds is 4. The van der Waals surface area contributed by atoms with E-state index in [-0.39, 0.29) is 30.0 Å². The van der Waals surface area contributed by atoms with E-state index in [1.54, 1.807) is 11.0 Å². The number of nitrogens with one attached hydrogen (secondary N) is 3. The Morgan fingerprint density at radius 3 is 2.23 bits per heavy atom. The number of benzene rings is 2. The Labute approximate surface area is 172 Å². The molecule has 7 nitrogen and oxygen atoms in total. The first kappa shape index (κ1) is 21.2. The first-order valence-corrected chi connectivity index (χ1v) is 9.57. The highest BCUT2D eigenvalue weighted by atomic mass is 19.1. The largest absolute Gasteiger partial charge is 0.348 e. The predicted octanol–water partition coefficient (Wildman–Crippen LogP) is 2.96. The van der Waals surface area contributed by atoms with E-state index in [1.165, 1.54) is 42.5 Å². The minimum absolute atomic E-state index is 0.0573. The van der Waals surface area contributed by atoms with Crippen LogP contribution in [0.3, 0.4) is 0 Å². The zero-order valence-corrected chi connectivity index (χ0v) is 16.2. The molecular weight excluding hydrogens is 394 g/mol. The molecule has 0 spiro atoms. The van der Waals surface area contributed by atoms with Crippen LogP contribution in [0.2, 0.25) is 0 Å². The summed E-state index contributed by atoms with van der Waals surface area (Å²) in [4.78, 5) is 37.8. The molecule has 2 aromatic carbocycles. The van der Waals surface area contributed by atoms with E-state index in [0.29, 0.717) is 31.6 Å². The van der Waals surface area contributed by atoms with Crippen molar-refractivity contribution in [2.45, 2.75) is 12.8 Å². The maximum absolute atomic E-state index is 13.5. The zero-order valence-electron chi connectivity index (χ0n) is 16.2. The van der Waals surface area contributed by atoms with E-state index < -0.39 is 17.6 Å². The fourth-order valence-corrected chi connectivity index (χ4v) is 3.13. The van der Waals surface area contributed by atoms with E-state index in [4.69, 9.17) is 0 Å². The average Bonchev–Trinajstić information content (AvgIpc) is 2.75. The molecule has 0 unspecified atom stereocenters. The van der Waals surface area contributed by atoms with E-state index in [0.717, 1.165) is 0 Å². The molecule has 0 radical (unpaired) electrons. The first-order chi connectivity index (χ1) is 14.4. The van der Waals surface area contributed by atoms with Crippen molar-refractivity contribution in [2.75, 3.05) is 30.3 Å². The zero-order chi connectivity index (χ0) is 21.5. The number of hydrogen-bond acceptors (Lipinski definition) is 3. The van der Waals surface area contributed by atoms with Crippen LogP contribution in [0, 0.1) is 17.6 Å². The third-order valence-electron chi connectivity index (χ3n) is 4.88. The van der Waals surface area contributed by atoms with E-state index in [2.05, 4.69) is 16.0 Å². The number of hydrogen-bond donors (Lipinski definition) is 3. The van der Waals surface area contributed by atoms with Gasteiger partial charge >= 0.3 is 17.8 Å². The lowest BCUT2D eigenvalue weighted by Gasteiger charge is -2.32. The highest BCUT2D eigenvalue weighted by molar-refractivity contribution is 6.39. The minimum atomic E-state index is -0.934. The van der Waals surface area contributed by atoms with Gasteiger partial charge in [0, 0.05) is 25.3 Å². The summed E-state index contributed by atoms with van der Waals surface area (Å²) in [7, 11) is 0. The summed E-state index contributed by atoms with van der Waals surface area (Å²) in [5, 5.41) is 7.50. The second kappa shape index (κ2) is 9.82. The molecule has 1 aliphatic heterocycles.